The maximum atomic E-state index is 13.6. The molecule has 0 radical (unpaired) electrons. The van der Waals surface area contributed by atoms with Gasteiger partial charge in [-0.1, -0.05) is 36.4 Å². The molecular formula is C28H35N3O2S. The summed E-state index contributed by atoms with van der Waals surface area (Å²) in [6.07, 6.45) is 9.49. The monoisotopic (exact) mass is 477 g/mol. The van der Waals surface area contributed by atoms with Crippen LogP contribution in [0.15, 0.2) is 47.8 Å². The summed E-state index contributed by atoms with van der Waals surface area (Å²) in [4.78, 5) is 32.1. The van der Waals surface area contributed by atoms with E-state index in [0.29, 0.717) is 13.1 Å². The molecule has 0 aliphatic heterocycles. The summed E-state index contributed by atoms with van der Waals surface area (Å²) >= 11 is 1.67. The van der Waals surface area contributed by atoms with Crippen LogP contribution in [0.5, 0.6) is 0 Å². The summed E-state index contributed by atoms with van der Waals surface area (Å²) in [6, 6.07) is 14.5. The number of nitrogens with one attached hydrogen (secondary N) is 1. The molecule has 0 saturated heterocycles. The number of urea groups is 1. The van der Waals surface area contributed by atoms with Gasteiger partial charge in [0, 0.05) is 23.0 Å². The number of carbonyl (C=O) groups is 2. The molecule has 3 amide bonds. The van der Waals surface area contributed by atoms with E-state index in [4.69, 9.17) is 0 Å². The van der Waals surface area contributed by atoms with Gasteiger partial charge in [0.1, 0.15) is 6.54 Å². The van der Waals surface area contributed by atoms with E-state index in [9.17, 15) is 9.59 Å². The van der Waals surface area contributed by atoms with Crippen LogP contribution in [0, 0.1) is 17.8 Å². The van der Waals surface area contributed by atoms with Gasteiger partial charge in [-0.3, -0.25) is 4.79 Å². The van der Waals surface area contributed by atoms with Gasteiger partial charge in [0.15, 0.2) is 0 Å². The number of amides is 3. The van der Waals surface area contributed by atoms with Gasteiger partial charge in [0.2, 0.25) is 5.91 Å². The lowest BCUT2D eigenvalue weighted by molar-refractivity contribution is -0.133. The van der Waals surface area contributed by atoms with Crippen LogP contribution in [0.25, 0.3) is 0 Å². The molecule has 5 aliphatic rings. The molecule has 180 valence electrons. The van der Waals surface area contributed by atoms with Gasteiger partial charge in [0.25, 0.3) is 0 Å². The van der Waals surface area contributed by atoms with Gasteiger partial charge in [0.05, 0.1) is 6.54 Å². The highest BCUT2D eigenvalue weighted by atomic mass is 32.1. The molecule has 0 spiro atoms. The number of hydrogen-bond acceptors (Lipinski definition) is 3. The highest BCUT2D eigenvalue weighted by molar-refractivity contribution is 7.09. The Morgan fingerprint density at radius 1 is 0.912 bits per heavy atom. The normalized spacial score (nSPS) is 29.1. The van der Waals surface area contributed by atoms with Crippen LogP contribution in [-0.4, -0.2) is 39.9 Å². The third kappa shape index (κ3) is 4.74. The third-order valence-corrected chi connectivity index (χ3v) is 9.32. The lowest BCUT2D eigenvalue weighted by atomic mass is 9.53. The Morgan fingerprint density at radius 3 is 2.18 bits per heavy atom. The number of nitrogens with zero attached hydrogens (tertiary/aromatic N) is 2. The lowest BCUT2D eigenvalue weighted by Gasteiger charge is -2.57. The fraction of sp³-hybridized carbons (Fsp3) is 0.571. The molecule has 1 aromatic heterocycles. The summed E-state index contributed by atoms with van der Waals surface area (Å²) in [5.41, 5.74) is 1.09. The minimum absolute atomic E-state index is 0.00594. The first-order valence-electron chi connectivity index (χ1n) is 13.0. The van der Waals surface area contributed by atoms with Crippen molar-refractivity contribution in [3.63, 3.8) is 0 Å². The number of thiophene rings is 1. The highest BCUT2D eigenvalue weighted by Crippen LogP contribution is 2.55. The third-order valence-electron chi connectivity index (χ3n) is 8.46. The van der Waals surface area contributed by atoms with Crippen molar-refractivity contribution in [2.24, 2.45) is 17.8 Å². The Bertz CT molecular complexity index is 982. The maximum Gasteiger partial charge on any atom is 0.318 e. The zero-order valence-electron chi connectivity index (χ0n) is 19.8. The Labute approximate surface area is 206 Å². The van der Waals surface area contributed by atoms with Gasteiger partial charge < -0.3 is 15.1 Å². The molecule has 6 heteroatoms. The standard InChI is InChI=1S/C28H35N3O2S/c32-26(30(18-25-7-4-10-34-25)17-20-5-2-1-3-6-20)19-31(24-8-9-24)27(33)29-28-14-21-11-22(15-28)13-23(12-21)16-28/h1-7,10,21-24H,8-9,11-19H2,(H,29,33). The quantitative estimate of drug-likeness (QED) is 0.552. The van der Waals surface area contributed by atoms with E-state index in [1.807, 2.05) is 34.1 Å². The van der Waals surface area contributed by atoms with E-state index < -0.39 is 0 Å². The molecule has 5 fully saturated rings. The van der Waals surface area contributed by atoms with Crippen LogP contribution in [0.2, 0.25) is 0 Å². The van der Waals surface area contributed by atoms with Gasteiger partial charge in [-0.25, -0.2) is 4.79 Å². The minimum Gasteiger partial charge on any atom is -0.333 e. The Morgan fingerprint density at radius 2 is 1.59 bits per heavy atom. The first kappa shape index (κ1) is 22.1. The first-order chi connectivity index (χ1) is 16.6. The van der Waals surface area contributed by atoms with Gasteiger partial charge >= 0.3 is 6.03 Å². The molecule has 5 nitrogen and oxygen atoms in total. The van der Waals surface area contributed by atoms with Crippen LogP contribution >= 0.6 is 11.3 Å². The summed E-state index contributed by atoms with van der Waals surface area (Å²) in [5.74, 6) is 2.39. The van der Waals surface area contributed by atoms with Crippen LogP contribution in [0.4, 0.5) is 4.79 Å². The molecular weight excluding hydrogens is 442 g/mol. The molecule has 0 atom stereocenters. The van der Waals surface area contributed by atoms with Crippen LogP contribution in [-0.2, 0) is 17.9 Å². The van der Waals surface area contributed by atoms with Crippen LogP contribution < -0.4 is 5.32 Å². The number of carbonyl (C=O) groups excluding carboxylic acids is 2. The van der Waals surface area contributed by atoms with E-state index in [0.717, 1.165) is 55.4 Å². The SMILES string of the molecule is O=C(CN(C(=O)NC12CC3CC(CC(C3)C1)C2)C1CC1)N(Cc1ccccc1)Cc1cccs1. The molecule has 4 bridgehead atoms. The maximum absolute atomic E-state index is 13.6. The van der Waals surface area contributed by atoms with Gasteiger partial charge in [-0.05, 0) is 86.1 Å². The number of benzene rings is 1. The predicted molar refractivity (Wildman–Crippen MR) is 134 cm³/mol. The second-order valence-electron chi connectivity index (χ2n) is 11.3. The predicted octanol–water partition coefficient (Wildman–Crippen LogP) is 5.42. The van der Waals surface area contributed by atoms with Crippen molar-refractivity contribution >= 4 is 23.3 Å². The smallest absolute Gasteiger partial charge is 0.318 e. The minimum atomic E-state index is -0.0251. The molecule has 5 saturated carbocycles. The van der Waals surface area contributed by atoms with Crippen molar-refractivity contribution in [3.05, 3.63) is 58.3 Å². The summed E-state index contributed by atoms with van der Waals surface area (Å²) in [7, 11) is 0. The largest absolute Gasteiger partial charge is 0.333 e. The Hall–Kier alpha value is -2.34. The van der Waals surface area contributed by atoms with Crippen molar-refractivity contribution < 1.29 is 9.59 Å². The van der Waals surface area contributed by atoms with Gasteiger partial charge in [-0.15, -0.1) is 11.3 Å². The van der Waals surface area contributed by atoms with Crippen molar-refractivity contribution in [3.8, 4) is 0 Å². The zero-order chi connectivity index (χ0) is 23.1. The van der Waals surface area contributed by atoms with E-state index in [-0.39, 0.29) is 30.1 Å². The average molecular weight is 478 g/mol. The molecule has 2 aromatic rings. The van der Waals surface area contributed by atoms with Crippen molar-refractivity contribution in [2.75, 3.05) is 6.54 Å². The molecule has 5 aliphatic carbocycles. The summed E-state index contributed by atoms with van der Waals surface area (Å²) in [6.45, 7) is 1.31. The van der Waals surface area contributed by atoms with E-state index in [1.165, 1.54) is 24.1 Å². The number of hydrogen-bond donors (Lipinski definition) is 1. The topological polar surface area (TPSA) is 52.7 Å². The van der Waals surface area contributed by atoms with Crippen LogP contribution in [0.1, 0.15) is 61.8 Å². The lowest BCUT2D eigenvalue weighted by Crippen LogP contribution is -2.62. The molecule has 1 heterocycles. The van der Waals surface area contributed by atoms with E-state index in [2.05, 4.69) is 28.9 Å². The Kier molecular flexibility index (Phi) is 5.88. The number of rotatable bonds is 8. The van der Waals surface area contributed by atoms with Crippen molar-refractivity contribution in [1.29, 1.82) is 0 Å². The molecule has 1 N–H and O–H groups in total. The second-order valence-corrected chi connectivity index (χ2v) is 12.3. The highest BCUT2D eigenvalue weighted by Gasteiger charge is 2.52. The Balaban J connectivity index is 1.16. The molecule has 7 rings (SSSR count). The zero-order valence-corrected chi connectivity index (χ0v) is 20.6. The molecule has 0 unspecified atom stereocenters. The van der Waals surface area contributed by atoms with Crippen molar-refractivity contribution in [1.82, 2.24) is 15.1 Å². The van der Waals surface area contributed by atoms with E-state index in [1.54, 1.807) is 11.3 Å². The molecule has 34 heavy (non-hydrogen) atoms. The average Bonchev–Trinajstić information content (AvgIpc) is 3.51. The summed E-state index contributed by atoms with van der Waals surface area (Å²) in [5, 5.41) is 5.56. The van der Waals surface area contributed by atoms with Gasteiger partial charge in [-0.2, -0.15) is 0 Å². The second kappa shape index (κ2) is 9.03. The first-order valence-corrected chi connectivity index (χ1v) is 13.9. The fourth-order valence-corrected chi connectivity index (χ4v) is 7.91. The summed E-state index contributed by atoms with van der Waals surface area (Å²) < 4.78 is 0. The van der Waals surface area contributed by atoms with E-state index >= 15 is 0 Å². The fourth-order valence-electron chi connectivity index (χ4n) is 7.19. The molecule has 1 aromatic carbocycles. The van der Waals surface area contributed by atoms with Crippen molar-refractivity contribution in [2.45, 2.75) is 76.0 Å². The van der Waals surface area contributed by atoms with Crippen LogP contribution in [0.3, 0.4) is 0 Å².